The van der Waals surface area contributed by atoms with E-state index in [2.05, 4.69) is 123 Å². The molecule has 0 unspecified atom stereocenters. The summed E-state index contributed by atoms with van der Waals surface area (Å²) in [6.45, 7) is 4.35. The van der Waals surface area contributed by atoms with Gasteiger partial charge in [-0.2, -0.15) is 0 Å². The lowest BCUT2D eigenvalue weighted by atomic mass is 9.64. The van der Waals surface area contributed by atoms with Crippen molar-refractivity contribution < 1.29 is 0 Å². The standard InChI is InChI=1S/C37H32N2/c1-3-23-20-26(15-17-33(23)38)37(27-16-18-34(39)24(4-2)21-27)19-9-10-25-22-32-30-13-6-5-11-28(30)29-12-7-8-14-31(29)35(32)36(25)37/h5-22H,3-4,38-39H2,1-2H3. The molecule has 2 aliphatic rings. The molecule has 5 aromatic rings. The van der Waals surface area contributed by atoms with Gasteiger partial charge in [-0.1, -0.05) is 105 Å². The fraction of sp³-hybridized carbons (Fsp3) is 0.135. The quantitative estimate of drug-likeness (QED) is 0.211. The van der Waals surface area contributed by atoms with E-state index in [-0.39, 0.29) is 0 Å². The second-order valence-corrected chi connectivity index (χ2v) is 10.7. The third kappa shape index (κ3) is 3.28. The molecule has 0 atom stereocenters. The van der Waals surface area contributed by atoms with Crippen LogP contribution in [0.5, 0.6) is 0 Å². The summed E-state index contributed by atoms with van der Waals surface area (Å²) in [7, 11) is 0. The van der Waals surface area contributed by atoms with E-state index >= 15 is 0 Å². The van der Waals surface area contributed by atoms with Crippen molar-refractivity contribution in [2.75, 3.05) is 11.5 Å². The maximum Gasteiger partial charge on any atom is 0.0647 e. The molecule has 0 saturated heterocycles. The Labute approximate surface area is 229 Å². The number of nitrogens with two attached hydrogens (primary N) is 2. The van der Waals surface area contributed by atoms with Crippen LogP contribution in [-0.2, 0) is 18.3 Å². The molecule has 39 heavy (non-hydrogen) atoms. The van der Waals surface area contributed by atoms with Crippen molar-refractivity contribution in [1.82, 2.24) is 0 Å². The Bertz CT molecular complexity index is 1950. The molecule has 0 aliphatic heterocycles. The van der Waals surface area contributed by atoms with Crippen molar-refractivity contribution in [3.8, 4) is 0 Å². The fourth-order valence-electron chi connectivity index (χ4n) is 6.86. The highest BCUT2D eigenvalue weighted by Gasteiger charge is 2.41. The van der Waals surface area contributed by atoms with Gasteiger partial charge in [0.1, 0.15) is 0 Å². The minimum Gasteiger partial charge on any atom is -0.399 e. The van der Waals surface area contributed by atoms with E-state index in [1.165, 1.54) is 65.4 Å². The molecule has 7 rings (SSSR count). The van der Waals surface area contributed by atoms with Crippen LogP contribution in [0.25, 0.3) is 33.2 Å². The normalized spacial score (nSPS) is 15.2. The number of benzene rings is 5. The van der Waals surface area contributed by atoms with Gasteiger partial charge in [0.25, 0.3) is 0 Å². The molecule has 0 bridgehead atoms. The molecule has 2 heteroatoms. The van der Waals surface area contributed by atoms with Crippen LogP contribution in [-0.4, -0.2) is 0 Å². The maximum absolute atomic E-state index is 6.44. The summed E-state index contributed by atoms with van der Waals surface area (Å²) in [5.74, 6) is 0. The lowest BCUT2D eigenvalue weighted by Crippen LogP contribution is -2.36. The van der Waals surface area contributed by atoms with Gasteiger partial charge in [-0.3, -0.25) is 0 Å². The predicted octanol–water partition coefficient (Wildman–Crippen LogP) is 6.71. The van der Waals surface area contributed by atoms with Gasteiger partial charge in [0, 0.05) is 11.4 Å². The molecule has 4 N–H and O–H groups in total. The number of rotatable bonds is 4. The number of anilines is 2. The number of hydrogen-bond acceptors (Lipinski definition) is 2. The van der Waals surface area contributed by atoms with Crippen molar-refractivity contribution in [2.45, 2.75) is 32.1 Å². The van der Waals surface area contributed by atoms with Crippen molar-refractivity contribution in [3.05, 3.63) is 141 Å². The van der Waals surface area contributed by atoms with Gasteiger partial charge in [-0.15, -0.1) is 0 Å². The Morgan fingerprint density at radius 2 is 1.18 bits per heavy atom. The molecule has 5 aromatic carbocycles. The van der Waals surface area contributed by atoms with E-state index in [1.54, 1.807) is 0 Å². The second-order valence-electron chi connectivity index (χ2n) is 10.7. The van der Waals surface area contributed by atoms with Gasteiger partial charge < -0.3 is 11.5 Å². The number of fused-ring (bicyclic) bond motifs is 7. The van der Waals surface area contributed by atoms with Crippen LogP contribution in [0.2, 0.25) is 0 Å². The largest absolute Gasteiger partial charge is 0.399 e. The van der Waals surface area contributed by atoms with Crippen LogP contribution < -0.4 is 21.9 Å². The zero-order valence-corrected chi connectivity index (χ0v) is 22.5. The molecule has 0 aromatic heterocycles. The average molecular weight is 505 g/mol. The first-order chi connectivity index (χ1) is 19.1. The molecule has 0 fully saturated rings. The van der Waals surface area contributed by atoms with Crippen LogP contribution in [0, 0.1) is 0 Å². The van der Waals surface area contributed by atoms with Gasteiger partial charge in [0.15, 0.2) is 0 Å². The molecule has 2 aliphatic carbocycles. The number of hydrogen-bond donors (Lipinski definition) is 2. The maximum atomic E-state index is 6.44. The van der Waals surface area contributed by atoms with E-state index in [0.717, 1.165) is 24.2 Å². The average Bonchev–Trinajstić information content (AvgIpc) is 3.39. The Morgan fingerprint density at radius 3 is 1.77 bits per heavy atom. The molecular weight excluding hydrogens is 472 g/mol. The Hall–Kier alpha value is -4.56. The van der Waals surface area contributed by atoms with Crippen molar-refractivity contribution in [2.24, 2.45) is 0 Å². The first kappa shape index (κ1) is 23.5. The molecule has 190 valence electrons. The summed E-state index contributed by atoms with van der Waals surface area (Å²) in [6.07, 6.45) is 11.1. The monoisotopic (exact) mass is 504 g/mol. The topological polar surface area (TPSA) is 52.0 Å². The van der Waals surface area contributed by atoms with E-state index in [4.69, 9.17) is 11.5 Å². The second kappa shape index (κ2) is 8.74. The van der Waals surface area contributed by atoms with Crippen LogP contribution in [0.4, 0.5) is 11.4 Å². The smallest absolute Gasteiger partial charge is 0.0647 e. The Kier molecular flexibility index (Phi) is 5.28. The Morgan fingerprint density at radius 1 is 0.641 bits per heavy atom. The van der Waals surface area contributed by atoms with Gasteiger partial charge in [-0.25, -0.2) is 0 Å². The van der Waals surface area contributed by atoms with Gasteiger partial charge in [0.05, 0.1) is 5.41 Å². The van der Waals surface area contributed by atoms with E-state index < -0.39 is 5.41 Å². The fourth-order valence-corrected chi connectivity index (χ4v) is 6.86. The first-order valence-corrected chi connectivity index (χ1v) is 13.9. The zero-order chi connectivity index (χ0) is 26.7. The first-order valence-electron chi connectivity index (χ1n) is 13.9. The zero-order valence-electron chi connectivity index (χ0n) is 22.5. The third-order valence-corrected chi connectivity index (χ3v) is 8.79. The van der Waals surface area contributed by atoms with Crippen LogP contribution in [0.1, 0.15) is 36.1 Å². The van der Waals surface area contributed by atoms with Crippen LogP contribution >= 0.6 is 0 Å². The highest BCUT2D eigenvalue weighted by Crippen LogP contribution is 2.49. The molecule has 0 heterocycles. The summed E-state index contributed by atoms with van der Waals surface area (Å²) in [4.78, 5) is 0. The SMILES string of the molecule is CCc1cc(C2(c3ccc(N)c(CC)c3)C=CC=C3C=c4c(c5ccccc5c5ccccc45)=C32)ccc1N. The minimum atomic E-state index is -0.494. The van der Waals surface area contributed by atoms with Gasteiger partial charge >= 0.3 is 0 Å². The summed E-state index contributed by atoms with van der Waals surface area (Å²) in [5.41, 5.74) is 21.5. The lowest BCUT2D eigenvalue weighted by molar-refractivity contribution is 0.825. The molecule has 0 saturated carbocycles. The third-order valence-electron chi connectivity index (χ3n) is 8.79. The predicted molar refractivity (Wildman–Crippen MR) is 167 cm³/mol. The van der Waals surface area contributed by atoms with Crippen molar-refractivity contribution in [3.63, 3.8) is 0 Å². The summed E-state index contributed by atoms with van der Waals surface area (Å²) >= 11 is 0. The molecule has 2 nitrogen and oxygen atoms in total. The van der Waals surface area contributed by atoms with Gasteiger partial charge in [-0.05, 0) is 96.4 Å². The number of allylic oxidation sites excluding steroid dienone is 4. The van der Waals surface area contributed by atoms with E-state index in [1.807, 2.05) is 0 Å². The minimum absolute atomic E-state index is 0.494. The molecule has 0 radical (unpaired) electrons. The highest BCUT2D eigenvalue weighted by molar-refractivity contribution is 6.12. The van der Waals surface area contributed by atoms with Crippen LogP contribution in [0.15, 0.2) is 109 Å². The molecular formula is C37H32N2. The van der Waals surface area contributed by atoms with E-state index in [0.29, 0.717) is 0 Å². The molecule has 0 spiro atoms. The van der Waals surface area contributed by atoms with Crippen molar-refractivity contribution >= 4 is 44.6 Å². The lowest BCUT2D eigenvalue weighted by Gasteiger charge is -2.38. The van der Waals surface area contributed by atoms with E-state index in [9.17, 15) is 0 Å². The summed E-state index contributed by atoms with van der Waals surface area (Å²) < 4.78 is 0. The molecule has 0 amide bonds. The van der Waals surface area contributed by atoms with Gasteiger partial charge in [0.2, 0.25) is 0 Å². The summed E-state index contributed by atoms with van der Waals surface area (Å²) in [5, 5.41) is 7.79. The highest BCUT2D eigenvalue weighted by atomic mass is 14.6. The number of aryl methyl sites for hydroxylation is 2. The van der Waals surface area contributed by atoms with Crippen molar-refractivity contribution in [1.29, 1.82) is 0 Å². The Balaban J connectivity index is 1.72. The number of nitrogen functional groups attached to an aromatic ring is 2. The summed E-state index contributed by atoms with van der Waals surface area (Å²) in [6, 6.07) is 30.9. The van der Waals surface area contributed by atoms with Crippen LogP contribution in [0.3, 0.4) is 0 Å².